The number of rotatable bonds is 6. The number of carbonyl (C=O) groups excluding carboxylic acids is 1. The van der Waals surface area contributed by atoms with Crippen LogP contribution >= 0.6 is 0 Å². The third-order valence-electron chi connectivity index (χ3n) is 4.13. The van der Waals surface area contributed by atoms with Crippen molar-refractivity contribution in [2.24, 2.45) is 5.92 Å². The molecule has 1 atom stereocenters. The summed E-state index contributed by atoms with van der Waals surface area (Å²) in [4.78, 5) is 16.8. The molecule has 0 spiro atoms. The predicted octanol–water partition coefficient (Wildman–Crippen LogP) is 1.13. The summed E-state index contributed by atoms with van der Waals surface area (Å²) >= 11 is 0. The SMILES string of the molecule is CC(C)Cc1cc(CNC(=O)[C@H](C)N2CCN(C)CC2)on1. The van der Waals surface area contributed by atoms with Crippen molar-refractivity contribution >= 4 is 5.91 Å². The van der Waals surface area contributed by atoms with Gasteiger partial charge in [0.25, 0.3) is 0 Å². The third-order valence-corrected chi connectivity index (χ3v) is 4.13. The number of hydrogen-bond acceptors (Lipinski definition) is 5. The average molecular weight is 308 g/mol. The van der Waals surface area contributed by atoms with Crippen molar-refractivity contribution in [1.29, 1.82) is 0 Å². The molecule has 0 aliphatic carbocycles. The summed E-state index contributed by atoms with van der Waals surface area (Å²) < 4.78 is 5.27. The summed E-state index contributed by atoms with van der Waals surface area (Å²) in [5.74, 6) is 1.31. The Kier molecular flexibility index (Phi) is 5.97. The topological polar surface area (TPSA) is 61.6 Å². The van der Waals surface area contributed by atoms with Gasteiger partial charge in [0.15, 0.2) is 5.76 Å². The lowest BCUT2D eigenvalue weighted by Crippen LogP contribution is -2.52. The molecule has 1 aliphatic rings. The Hall–Kier alpha value is -1.40. The summed E-state index contributed by atoms with van der Waals surface area (Å²) in [6.07, 6.45) is 0.898. The fraction of sp³-hybridized carbons (Fsp3) is 0.750. The average Bonchev–Trinajstić information content (AvgIpc) is 2.91. The fourth-order valence-corrected chi connectivity index (χ4v) is 2.65. The van der Waals surface area contributed by atoms with E-state index in [0.717, 1.165) is 44.1 Å². The Morgan fingerprint density at radius 2 is 2.00 bits per heavy atom. The van der Waals surface area contributed by atoms with E-state index >= 15 is 0 Å². The van der Waals surface area contributed by atoms with Crippen molar-refractivity contribution in [1.82, 2.24) is 20.3 Å². The molecule has 0 unspecified atom stereocenters. The highest BCUT2D eigenvalue weighted by atomic mass is 16.5. The van der Waals surface area contributed by atoms with Crippen molar-refractivity contribution < 1.29 is 9.32 Å². The highest BCUT2D eigenvalue weighted by Crippen LogP contribution is 2.10. The van der Waals surface area contributed by atoms with Crippen LogP contribution in [-0.2, 0) is 17.8 Å². The van der Waals surface area contributed by atoms with E-state index in [9.17, 15) is 4.79 Å². The van der Waals surface area contributed by atoms with E-state index in [-0.39, 0.29) is 11.9 Å². The molecule has 1 saturated heterocycles. The molecule has 2 heterocycles. The Bertz CT molecular complexity index is 478. The van der Waals surface area contributed by atoms with Crippen molar-refractivity contribution in [3.05, 3.63) is 17.5 Å². The zero-order valence-corrected chi connectivity index (χ0v) is 14.1. The molecular weight excluding hydrogens is 280 g/mol. The van der Waals surface area contributed by atoms with Gasteiger partial charge in [0.2, 0.25) is 5.91 Å². The molecule has 0 radical (unpaired) electrons. The quantitative estimate of drug-likeness (QED) is 0.853. The second-order valence-electron chi connectivity index (χ2n) is 6.62. The number of nitrogens with zero attached hydrogens (tertiary/aromatic N) is 3. The van der Waals surface area contributed by atoms with E-state index in [2.05, 4.69) is 41.2 Å². The first-order valence-corrected chi connectivity index (χ1v) is 8.10. The van der Waals surface area contributed by atoms with Crippen LogP contribution < -0.4 is 5.32 Å². The minimum absolute atomic E-state index is 0.0476. The van der Waals surface area contributed by atoms with Gasteiger partial charge in [-0.3, -0.25) is 9.69 Å². The van der Waals surface area contributed by atoms with Gasteiger partial charge in [0, 0.05) is 32.2 Å². The van der Waals surface area contributed by atoms with E-state index in [1.54, 1.807) is 0 Å². The van der Waals surface area contributed by atoms with Crippen molar-refractivity contribution in [3.63, 3.8) is 0 Å². The Morgan fingerprint density at radius 1 is 1.32 bits per heavy atom. The van der Waals surface area contributed by atoms with Gasteiger partial charge in [0.05, 0.1) is 18.3 Å². The fourth-order valence-electron chi connectivity index (χ4n) is 2.65. The summed E-state index contributed by atoms with van der Waals surface area (Å²) in [6, 6.07) is 1.83. The van der Waals surface area contributed by atoms with Crippen molar-refractivity contribution in [3.8, 4) is 0 Å². The van der Waals surface area contributed by atoms with E-state index in [1.165, 1.54) is 0 Å². The lowest BCUT2D eigenvalue weighted by atomic mass is 10.1. The second kappa shape index (κ2) is 7.74. The van der Waals surface area contributed by atoms with E-state index < -0.39 is 0 Å². The van der Waals surface area contributed by atoms with Crippen LogP contribution in [0.5, 0.6) is 0 Å². The maximum absolute atomic E-state index is 12.3. The minimum atomic E-state index is -0.105. The van der Waals surface area contributed by atoms with Crippen LogP contribution in [-0.4, -0.2) is 60.1 Å². The van der Waals surface area contributed by atoms with Gasteiger partial charge in [-0.2, -0.15) is 0 Å². The number of aromatic nitrogens is 1. The Balaban J connectivity index is 1.78. The molecule has 1 aromatic rings. The lowest BCUT2D eigenvalue weighted by Gasteiger charge is -2.35. The van der Waals surface area contributed by atoms with Crippen molar-refractivity contribution in [2.75, 3.05) is 33.2 Å². The van der Waals surface area contributed by atoms with Crippen LogP contribution in [0.15, 0.2) is 10.6 Å². The number of nitrogens with one attached hydrogen (secondary N) is 1. The standard InChI is InChI=1S/C16H28N4O2/c1-12(2)9-14-10-15(22-18-14)11-17-16(21)13(3)20-7-5-19(4)6-8-20/h10,12-13H,5-9,11H2,1-4H3,(H,17,21)/t13-/m0/s1. The van der Waals surface area contributed by atoms with E-state index in [1.807, 2.05) is 13.0 Å². The number of likely N-dealkylation sites (N-methyl/N-ethyl adjacent to an activating group) is 1. The van der Waals surface area contributed by atoms with Crippen LogP contribution in [0.3, 0.4) is 0 Å². The summed E-state index contributed by atoms with van der Waals surface area (Å²) in [6.45, 7) is 10.6. The first kappa shape index (κ1) is 17.0. The largest absolute Gasteiger partial charge is 0.359 e. The molecule has 6 heteroatoms. The Morgan fingerprint density at radius 3 is 2.64 bits per heavy atom. The maximum Gasteiger partial charge on any atom is 0.237 e. The van der Waals surface area contributed by atoms with Gasteiger partial charge in [-0.1, -0.05) is 19.0 Å². The smallest absolute Gasteiger partial charge is 0.237 e. The minimum Gasteiger partial charge on any atom is -0.359 e. The summed E-state index contributed by atoms with van der Waals surface area (Å²) in [5, 5.41) is 6.98. The molecule has 0 aromatic carbocycles. The highest BCUT2D eigenvalue weighted by Gasteiger charge is 2.24. The number of amides is 1. The second-order valence-corrected chi connectivity index (χ2v) is 6.62. The van der Waals surface area contributed by atoms with E-state index in [4.69, 9.17) is 4.52 Å². The first-order chi connectivity index (χ1) is 10.5. The highest BCUT2D eigenvalue weighted by molar-refractivity contribution is 5.81. The normalized spacial score (nSPS) is 18.6. The predicted molar refractivity (Wildman–Crippen MR) is 85.4 cm³/mol. The zero-order chi connectivity index (χ0) is 16.1. The van der Waals surface area contributed by atoms with Crippen LogP contribution in [0.2, 0.25) is 0 Å². The molecule has 6 nitrogen and oxygen atoms in total. The molecule has 1 N–H and O–H groups in total. The monoisotopic (exact) mass is 308 g/mol. The molecule has 0 saturated carbocycles. The molecule has 2 rings (SSSR count). The number of piperazine rings is 1. The summed E-state index contributed by atoms with van der Waals surface area (Å²) in [7, 11) is 2.11. The van der Waals surface area contributed by atoms with Gasteiger partial charge in [-0.15, -0.1) is 0 Å². The molecular formula is C16H28N4O2. The van der Waals surface area contributed by atoms with Crippen molar-refractivity contribution in [2.45, 2.75) is 39.8 Å². The van der Waals surface area contributed by atoms with Crippen LogP contribution in [0.4, 0.5) is 0 Å². The van der Waals surface area contributed by atoms with Gasteiger partial charge in [-0.05, 0) is 26.3 Å². The van der Waals surface area contributed by atoms with Crippen LogP contribution in [0.1, 0.15) is 32.2 Å². The molecule has 1 fully saturated rings. The molecule has 124 valence electrons. The number of carbonyl (C=O) groups is 1. The zero-order valence-electron chi connectivity index (χ0n) is 14.1. The van der Waals surface area contributed by atoms with Crippen LogP contribution in [0.25, 0.3) is 0 Å². The molecule has 1 aliphatic heterocycles. The van der Waals surface area contributed by atoms with Gasteiger partial charge >= 0.3 is 0 Å². The van der Waals surface area contributed by atoms with Gasteiger partial charge in [0.1, 0.15) is 0 Å². The molecule has 1 aromatic heterocycles. The molecule has 1 amide bonds. The van der Waals surface area contributed by atoms with Gasteiger partial charge in [-0.25, -0.2) is 0 Å². The molecule has 22 heavy (non-hydrogen) atoms. The summed E-state index contributed by atoms with van der Waals surface area (Å²) in [5.41, 5.74) is 0.950. The maximum atomic E-state index is 12.3. The Labute approximate surface area is 132 Å². The number of hydrogen-bond donors (Lipinski definition) is 1. The lowest BCUT2D eigenvalue weighted by molar-refractivity contribution is -0.126. The van der Waals surface area contributed by atoms with Gasteiger partial charge < -0.3 is 14.7 Å². The van der Waals surface area contributed by atoms with E-state index in [0.29, 0.717) is 12.5 Å². The first-order valence-electron chi connectivity index (χ1n) is 8.10. The van der Waals surface area contributed by atoms with Crippen LogP contribution in [0, 0.1) is 5.92 Å². The third kappa shape index (κ3) is 4.81. The molecule has 0 bridgehead atoms.